The summed E-state index contributed by atoms with van der Waals surface area (Å²) in [6.07, 6.45) is -1.76. The molecule has 1 rings (SSSR count). The fraction of sp³-hybridized carbons (Fsp3) is 0.462. The molecule has 0 saturated heterocycles. The molecule has 7 heteroatoms. The second-order valence-corrected chi connectivity index (χ2v) is 5.78. The van der Waals surface area contributed by atoms with Gasteiger partial charge in [0.15, 0.2) is 0 Å². The van der Waals surface area contributed by atoms with Gasteiger partial charge in [0.2, 0.25) is 5.91 Å². The molecule has 1 heterocycles. The molecule has 1 aromatic heterocycles. The minimum Gasteiger partial charge on any atom is -0.481 e. The minimum absolute atomic E-state index is 0.0752. The number of nitrogens with zero attached hydrogens (tertiary/aromatic N) is 1. The van der Waals surface area contributed by atoms with Crippen LogP contribution in [0.25, 0.3) is 0 Å². The molecular weight excluding hydrogens is 284 g/mol. The van der Waals surface area contributed by atoms with E-state index in [0.717, 1.165) is 0 Å². The van der Waals surface area contributed by atoms with Crippen LogP contribution in [-0.4, -0.2) is 27.1 Å². The summed E-state index contributed by atoms with van der Waals surface area (Å²) < 4.78 is 0. The number of amides is 1. The molecule has 3 N–H and O–H groups in total. The number of hydrogen-bond donors (Lipinski definition) is 3. The van der Waals surface area contributed by atoms with Crippen molar-refractivity contribution in [1.29, 1.82) is 0 Å². The smallest absolute Gasteiger partial charge is 0.306 e. The second-order valence-electron chi connectivity index (χ2n) is 5.39. The Morgan fingerprint density at radius 2 is 2.00 bits per heavy atom. The van der Waals surface area contributed by atoms with Crippen molar-refractivity contribution >= 4 is 29.3 Å². The van der Waals surface area contributed by atoms with Crippen LogP contribution in [0.5, 0.6) is 0 Å². The Morgan fingerprint density at radius 3 is 2.50 bits per heavy atom. The van der Waals surface area contributed by atoms with Crippen molar-refractivity contribution in [3.8, 4) is 0 Å². The first-order valence-electron chi connectivity index (χ1n) is 5.99. The summed E-state index contributed by atoms with van der Waals surface area (Å²) in [4.78, 5) is 26.5. The maximum absolute atomic E-state index is 12.0. The number of carbonyl (C=O) groups excluding carboxylic acids is 1. The number of pyridine rings is 1. The standard InChI is InChI=1S/C13H17ClN2O4/c1-13(2,3)12(20)16-11-7(4-5-9(14)15-11)8(17)6-10(18)19/h4-5,8,17H,6H2,1-3H3,(H,18,19)(H,15,16,20). The van der Waals surface area contributed by atoms with E-state index >= 15 is 0 Å². The molecule has 6 nitrogen and oxygen atoms in total. The van der Waals surface area contributed by atoms with E-state index in [-0.39, 0.29) is 22.4 Å². The predicted octanol–water partition coefficient (Wildman–Crippen LogP) is 2.23. The number of carboxylic acid groups (broad SMARTS) is 1. The first-order chi connectivity index (χ1) is 9.11. The highest BCUT2D eigenvalue weighted by atomic mass is 35.5. The SMILES string of the molecule is CC(C)(C)C(=O)Nc1nc(Cl)ccc1C(O)CC(=O)O. The van der Waals surface area contributed by atoms with Gasteiger partial charge in [-0.25, -0.2) is 4.98 Å². The molecule has 1 aromatic rings. The number of aromatic nitrogens is 1. The summed E-state index contributed by atoms with van der Waals surface area (Å²) in [5.74, 6) is -1.39. The van der Waals surface area contributed by atoms with Gasteiger partial charge in [0, 0.05) is 11.0 Å². The fourth-order valence-electron chi connectivity index (χ4n) is 1.39. The molecule has 0 spiro atoms. The molecule has 0 aliphatic carbocycles. The van der Waals surface area contributed by atoms with Gasteiger partial charge in [-0.1, -0.05) is 32.4 Å². The zero-order valence-corrected chi connectivity index (χ0v) is 12.2. The van der Waals surface area contributed by atoms with Crippen molar-refractivity contribution in [2.24, 2.45) is 5.41 Å². The van der Waals surface area contributed by atoms with Gasteiger partial charge in [0.1, 0.15) is 11.0 Å². The van der Waals surface area contributed by atoms with Crippen molar-refractivity contribution in [1.82, 2.24) is 4.98 Å². The predicted molar refractivity (Wildman–Crippen MR) is 74.5 cm³/mol. The third kappa shape index (κ3) is 4.47. The molecule has 0 aromatic carbocycles. The Hall–Kier alpha value is -1.66. The maximum atomic E-state index is 12.0. The van der Waals surface area contributed by atoms with Crippen LogP contribution in [-0.2, 0) is 9.59 Å². The summed E-state index contributed by atoms with van der Waals surface area (Å²) in [6.45, 7) is 5.17. The van der Waals surface area contributed by atoms with E-state index in [2.05, 4.69) is 10.3 Å². The molecule has 1 atom stereocenters. The van der Waals surface area contributed by atoms with Crippen LogP contribution in [0.1, 0.15) is 38.9 Å². The average Bonchev–Trinajstić information content (AvgIpc) is 2.26. The third-order valence-electron chi connectivity index (χ3n) is 2.53. The lowest BCUT2D eigenvalue weighted by atomic mass is 9.95. The van der Waals surface area contributed by atoms with Crippen molar-refractivity contribution in [3.63, 3.8) is 0 Å². The zero-order chi connectivity index (χ0) is 15.5. The Balaban J connectivity index is 3.08. The highest BCUT2D eigenvalue weighted by Gasteiger charge is 2.24. The number of aliphatic hydroxyl groups is 1. The lowest BCUT2D eigenvalue weighted by Gasteiger charge is -2.20. The molecule has 1 unspecified atom stereocenters. The molecule has 0 fully saturated rings. The lowest BCUT2D eigenvalue weighted by molar-refractivity contribution is -0.139. The summed E-state index contributed by atoms with van der Waals surface area (Å²) in [7, 11) is 0. The zero-order valence-electron chi connectivity index (χ0n) is 11.5. The Morgan fingerprint density at radius 1 is 1.40 bits per heavy atom. The van der Waals surface area contributed by atoms with E-state index in [0.29, 0.717) is 0 Å². The van der Waals surface area contributed by atoms with Gasteiger partial charge in [-0.15, -0.1) is 0 Å². The van der Waals surface area contributed by atoms with Crippen LogP contribution in [0, 0.1) is 5.41 Å². The Labute approximate surface area is 121 Å². The molecule has 0 aliphatic rings. The molecule has 20 heavy (non-hydrogen) atoms. The molecule has 0 aliphatic heterocycles. The number of anilines is 1. The number of aliphatic hydroxyl groups excluding tert-OH is 1. The maximum Gasteiger partial charge on any atom is 0.306 e. The monoisotopic (exact) mass is 300 g/mol. The summed E-state index contributed by atoms with van der Waals surface area (Å²) in [5, 5.41) is 21.3. The Kier molecular flexibility index (Phi) is 5.08. The van der Waals surface area contributed by atoms with Crippen LogP contribution in [0.15, 0.2) is 12.1 Å². The highest BCUT2D eigenvalue weighted by Crippen LogP contribution is 2.27. The van der Waals surface area contributed by atoms with Crippen molar-refractivity contribution in [2.45, 2.75) is 33.3 Å². The van der Waals surface area contributed by atoms with Crippen LogP contribution < -0.4 is 5.32 Å². The normalized spacial score (nSPS) is 12.8. The highest BCUT2D eigenvalue weighted by molar-refractivity contribution is 6.29. The first kappa shape index (κ1) is 16.4. The average molecular weight is 301 g/mol. The number of halogens is 1. The minimum atomic E-state index is -1.27. The summed E-state index contributed by atoms with van der Waals surface area (Å²) in [6, 6.07) is 2.87. The van der Waals surface area contributed by atoms with E-state index in [4.69, 9.17) is 16.7 Å². The van der Waals surface area contributed by atoms with E-state index in [1.165, 1.54) is 12.1 Å². The lowest BCUT2D eigenvalue weighted by Crippen LogP contribution is -2.29. The Bertz CT molecular complexity index is 526. The molecule has 0 radical (unpaired) electrons. The third-order valence-corrected chi connectivity index (χ3v) is 2.74. The molecule has 1 amide bonds. The summed E-state index contributed by atoms with van der Waals surface area (Å²) in [5.41, 5.74) is -0.437. The van der Waals surface area contributed by atoms with E-state index < -0.39 is 23.9 Å². The molecule has 0 saturated carbocycles. The van der Waals surface area contributed by atoms with Gasteiger partial charge in [0.25, 0.3) is 0 Å². The van der Waals surface area contributed by atoms with Gasteiger partial charge < -0.3 is 15.5 Å². The number of hydrogen-bond acceptors (Lipinski definition) is 4. The second kappa shape index (κ2) is 6.19. The van der Waals surface area contributed by atoms with Gasteiger partial charge >= 0.3 is 5.97 Å². The number of carbonyl (C=O) groups is 2. The van der Waals surface area contributed by atoms with Crippen LogP contribution in [0.4, 0.5) is 5.82 Å². The van der Waals surface area contributed by atoms with Crippen molar-refractivity contribution in [2.75, 3.05) is 5.32 Å². The topological polar surface area (TPSA) is 99.5 Å². The van der Waals surface area contributed by atoms with Crippen LogP contribution in [0.3, 0.4) is 0 Å². The molecule has 0 bridgehead atoms. The van der Waals surface area contributed by atoms with E-state index in [1.807, 2.05) is 0 Å². The first-order valence-corrected chi connectivity index (χ1v) is 6.37. The van der Waals surface area contributed by atoms with Crippen molar-refractivity contribution < 1.29 is 19.8 Å². The summed E-state index contributed by atoms with van der Waals surface area (Å²) >= 11 is 5.76. The number of nitrogens with one attached hydrogen (secondary N) is 1. The largest absolute Gasteiger partial charge is 0.481 e. The number of carboxylic acids is 1. The van der Waals surface area contributed by atoms with Crippen LogP contribution >= 0.6 is 11.6 Å². The van der Waals surface area contributed by atoms with Crippen molar-refractivity contribution in [3.05, 3.63) is 22.8 Å². The van der Waals surface area contributed by atoms with Gasteiger partial charge in [-0.2, -0.15) is 0 Å². The van der Waals surface area contributed by atoms with Gasteiger partial charge in [0.05, 0.1) is 12.5 Å². The molecule has 110 valence electrons. The number of rotatable bonds is 4. The quantitative estimate of drug-likeness (QED) is 0.740. The van der Waals surface area contributed by atoms with Gasteiger partial charge in [-0.3, -0.25) is 9.59 Å². The molecular formula is C13H17ClN2O4. The van der Waals surface area contributed by atoms with E-state index in [9.17, 15) is 14.7 Å². The fourth-order valence-corrected chi connectivity index (χ4v) is 1.53. The number of aliphatic carboxylic acids is 1. The van der Waals surface area contributed by atoms with Crippen LogP contribution in [0.2, 0.25) is 5.15 Å². The van der Waals surface area contributed by atoms with Gasteiger partial charge in [-0.05, 0) is 12.1 Å². The van der Waals surface area contributed by atoms with E-state index in [1.54, 1.807) is 20.8 Å².